The van der Waals surface area contributed by atoms with Gasteiger partial charge in [-0.1, -0.05) is 18.2 Å². The molecule has 18 heavy (non-hydrogen) atoms. The van der Waals surface area contributed by atoms with Crippen molar-refractivity contribution in [3.05, 3.63) is 41.3 Å². The van der Waals surface area contributed by atoms with Crippen molar-refractivity contribution in [1.82, 2.24) is 0 Å². The Morgan fingerprint density at radius 2 is 1.72 bits per heavy atom. The smallest absolute Gasteiger partial charge is 0.347 e. The van der Waals surface area contributed by atoms with Crippen molar-refractivity contribution in [2.45, 2.75) is 4.90 Å². The summed E-state index contributed by atoms with van der Waals surface area (Å²) in [5.41, 5.74) is 0. The highest BCUT2D eigenvalue weighted by Crippen LogP contribution is 2.15. The van der Waals surface area contributed by atoms with Crippen LogP contribution in [-0.2, 0) is 29.9 Å². The van der Waals surface area contributed by atoms with Gasteiger partial charge in [-0.2, -0.15) is 0 Å². The molecule has 0 N–H and O–H groups in total. The lowest BCUT2D eigenvalue weighted by Gasteiger charge is -2.05. The molecule has 0 bridgehead atoms. The molecule has 0 amide bonds. The normalized spacial score (nSPS) is 12.7. The van der Waals surface area contributed by atoms with E-state index in [2.05, 4.69) is 9.47 Å². The van der Waals surface area contributed by atoms with Crippen molar-refractivity contribution in [3.63, 3.8) is 0 Å². The highest BCUT2D eigenvalue weighted by atomic mass is 32.2. The zero-order chi connectivity index (χ0) is 13.5. The molecule has 0 radical (unpaired) electrons. The predicted molar refractivity (Wildman–Crippen MR) is 65.0 cm³/mol. The Balaban J connectivity index is 3.13. The number of ether oxygens (including phenoxy) is 2. The Labute approximate surface area is 107 Å². The number of benzene rings is 1. The van der Waals surface area contributed by atoms with E-state index in [1.165, 1.54) is 7.11 Å². The van der Waals surface area contributed by atoms with Crippen LogP contribution in [0.2, 0.25) is 0 Å². The number of rotatable bonds is 4. The molecule has 96 valence electrons. The zero-order valence-corrected chi connectivity index (χ0v) is 10.7. The Morgan fingerprint density at radius 1 is 1.11 bits per heavy atom. The molecule has 5 nitrogen and oxygen atoms in total. The minimum Gasteiger partial charge on any atom is -0.466 e. The van der Waals surface area contributed by atoms with Crippen LogP contribution in [0.1, 0.15) is 0 Å². The highest BCUT2D eigenvalue weighted by Gasteiger charge is 2.20. The summed E-state index contributed by atoms with van der Waals surface area (Å²) < 4.78 is 21.0. The van der Waals surface area contributed by atoms with Crippen LogP contribution < -0.4 is 0 Å². The fraction of sp³-hybridized carbons (Fsp3) is 0.167. The molecule has 0 aliphatic carbocycles. The van der Waals surface area contributed by atoms with E-state index in [9.17, 15) is 13.8 Å². The largest absolute Gasteiger partial charge is 0.466 e. The van der Waals surface area contributed by atoms with Crippen molar-refractivity contribution >= 4 is 22.7 Å². The molecule has 0 spiro atoms. The van der Waals surface area contributed by atoms with E-state index in [0.29, 0.717) is 4.90 Å². The van der Waals surface area contributed by atoms with Crippen LogP contribution in [0, 0.1) is 0 Å². The van der Waals surface area contributed by atoms with Gasteiger partial charge in [-0.3, -0.25) is 0 Å². The maximum Gasteiger partial charge on any atom is 0.347 e. The van der Waals surface area contributed by atoms with Crippen LogP contribution in [0.15, 0.2) is 46.2 Å². The van der Waals surface area contributed by atoms with E-state index in [4.69, 9.17) is 0 Å². The third-order valence-corrected chi connectivity index (χ3v) is 3.38. The van der Waals surface area contributed by atoms with Gasteiger partial charge in [0.05, 0.1) is 25.0 Å². The number of esters is 2. The Kier molecular flexibility index (Phi) is 5.26. The van der Waals surface area contributed by atoms with E-state index >= 15 is 0 Å². The first-order chi connectivity index (χ1) is 8.60. The molecule has 0 aromatic heterocycles. The lowest BCUT2D eigenvalue weighted by atomic mass is 10.4. The summed E-state index contributed by atoms with van der Waals surface area (Å²) >= 11 is 0. The number of methoxy groups -OCH3 is 2. The minimum atomic E-state index is -1.79. The van der Waals surface area contributed by atoms with E-state index < -0.39 is 22.7 Å². The first kappa shape index (κ1) is 14.1. The maximum absolute atomic E-state index is 12.1. The van der Waals surface area contributed by atoms with Crippen LogP contribution in [-0.4, -0.2) is 30.4 Å². The molecule has 0 aliphatic rings. The van der Waals surface area contributed by atoms with Gasteiger partial charge in [0.15, 0.2) is 0 Å². The van der Waals surface area contributed by atoms with E-state index in [-0.39, 0.29) is 4.91 Å². The Morgan fingerprint density at radius 3 is 2.22 bits per heavy atom. The molecule has 1 atom stereocenters. The summed E-state index contributed by atoms with van der Waals surface area (Å²) in [7, 11) is 0.527. The van der Waals surface area contributed by atoms with Gasteiger partial charge >= 0.3 is 11.9 Å². The van der Waals surface area contributed by atoms with Gasteiger partial charge in [0.1, 0.15) is 4.91 Å². The van der Waals surface area contributed by atoms with E-state index in [1.807, 2.05) is 0 Å². The van der Waals surface area contributed by atoms with Crippen LogP contribution in [0.4, 0.5) is 0 Å². The van der Waals surface area contributed by atoms with Crippen molar-refractivity contribution in [2.75, 3.05) is 14.2 Å². The van der Waals surface area contributed by atoms with Crippen LogP contribution in [0.25, 0.3) is 0 Å². The van der Waals surface area contributed by atoms with Crippen molar-refractivity contribution in [3.8, 4) is 0 Å². The fourth-order valence-electron chi connectivity index (χ4n) is 1.13. The SMILES string of the molecule is COC(=O)/C=C(\C(=O)OC)S(=O)c1ccccc1. The minimum absolute atomic E-state index is 0.254. The standard InChI is InChI=1S/C12H12O5S/c1-16-11(13)8-10(12(14)17-2)18(15)9-6-4-3-5-7-9/h3-8H,1-2H3/b10-8+. The highest BCUT2D eigenvalue weighted by molar-refractivity contribution is 7.90. The van der Waals surface area contributed by atoms with E-state index in [1.54, 1.807) is 30.3 Å². The lowest BCUT2D eigenvalue weighted by molar-refractivity contribution is -0.137. The average Bonchev–Trinajstić information content (AvgIpc) is 2.43. The van der Waals surface area contributed by atoms with Gasteiger partial charge in [0.2, 0.25) is 0 Å². The van der Waals surface area contributed by atoms with Crippen molar-refractivity contribution in [1.29, 1.82) is 0 Å². The molecule has 6 heteroatoms. The summed E-state index contributed by atoms with van der Waals surface area (Å²) in [4.78, 5) is 22.8. The lowest BCUT2D eigenvalue weighted by Crippen LogP contribution is -2.13. The number of carbonyl (C=O) groups excluding carboxylic acids is 2. The van der Waals surface area contributed by atoms with E-state index in [0.717, 1.165) is 13.2 Å². The molecular weight excluding hydrogens is 256 g/mol. The first-order valence-corrected chi connectivity index (χ1v) is 6.10. The zero-order valence-electron chi connectivity index (χ0n) is 9.91. The second-order valence-corrected chi connectivity index (χ2v) is 4.55. The molecule has 0 heterocycles. The van der Waals surface area contributed by atoms with Gasteiger partial charge in [-0.05, 0) is 12.1 Å². The van der Waals surface area contributed by atoms with Gasteiger partial charge < -0.3 is 9.47 Å². The fourth-order valence-corrected chi connectivity index (χ4v) is 2.22. The monoisotopic (exact) mass is 268 g/mol. The van der Waals surface area contributed by atoms with Gasteiger partial charge in [-0.15, -0.1) is 0 Å². The third kappa shape index (κ3) is 3.53. The number of hydrogen-bond acceptors (Lipinski definition) is 5. The third-order valence-electron chi connectivity index (χ3n) is 1.99. The van der Waals surface area contributed by atoms with Crippen LogP contribution in [0.5, 0.6) is 0 Å². The maximum atomic E-state index is 12.1. The summed E-state index contributed by atoms with van der Waals surface area (Å²) in [5.74, 6) is -1.60. The quantitative estimate of drug-likeness (QED) is 0.602. The molecule has 0 saturated heterocycles. The van der Waals surface area contributed by atoms with Crippen molar-refractivity contribution < 1.29 is 23.3 Å². The van der Waals surface area contributed by atoms with Gasteiger partial charge in [-0.25, -0.2) is 13.8 Å². The summed E-state index contributed by atoms with van der Waals surface area (Å²) in [6, 6.07) is 8.29. The second-order valence-electron chi connectivity index (χ2n) is 3.11. The summed E-state index contributed by atoms with van der Waals surface area (Å²) in [5, 5.41) is 0. The predicted octanol–water partition coefficient (Wildman–Crippen LogP) is 1.02. The average molecular weight is 268 g/mol. The summed E-state index contributed by atoms with van der Waals surface area (Å²) in [6.07, 6.45) is 0.870. The van der Waals surface area contributed by atoms with Gasteiger partial charge in [0, 0.05) is 11.0 Å². The molecule has 1 aromatic rings. The number of hydrogen-bond donors (Lipinski definition) is 0. The summed E-state index contributed by atoms with van der Waals surface area (Å²) in [6.45, 7) is 0. The van der Waals surface area contributed by atoms with Crippen molar-refractivity contribution in [2.24, 2.45) is 0 Å². The first-order valence-electron chi connectivity index (χ1n) is 4.95. The molecule has 1 unspecified atom stereocenters. The Hall–Kier alpha value is -1.95. The molecule has 1 aromatic carbocycles. The molecular formula is C12H12O5S. The molecule has 0 fully saturated rings. The molecule has 0 saturated carbocycles. The van der Waals surface area contributed by atoms with Crippen LogP contribution in [0.3, 0.4) is 0 Å². The topological polar surface area (TPSA) is 69.7 Å². The van der Waals surface area contributed by atoms with Crippen LogP contribution >= 0.6 is 0 Å². The Bertz CT molecular complexity index is 492. The number of carbonyl (C=O) groups is 2. The van der Waals surface area contributed by atoms with Gasteiger partial charge in [0.25, 0.3) is 0 Å². The molecule has 1 rings (SSSR count). The second kappa shape index (κ2) is 6.70. The molecule has 0 aliphatic heterocycles.